The van der Waals surface area contributed by atoms with Gasteiger partial charge in [0.1, 0.15) is 6.04 Å². The molecule has 1 aliphatic heterocycles. The average molecular weight is 243 g/mol. The Morgan fingerprint density at radius 2 is 2.18 bits per heavy atom. The van der Waals surface area contributed by atoms with E-state index in [-0.39, 0.29) is 12.5 Å². The molecule has 0 radical (unpaired) electrons. The summed E-state index contributed by atoms with van der Waals surface area (Å²) < 4.78 is 0. The third-order valence-electron chi connectivity index (χ3n) is 2.84. The zero-order valence-electron chi connectivity index (χ0n) is 10.2. The van der Waals surface area contributed by atoms with Gasteiger partial charge in [-0.15, -0.1) is 0 Å². The van der Waals surface area contributed by atoms with Crippen molar-refractivity contribution in [1.82, 2.24) is 15.5 Å². The van der Waals surface area contributed by atoms with Gasteiger partial charge in [0.2, 0.25) is 5.91 Å². The van der Waals surface area contributed by atoms with Crippen molar-refractivity contribution in [3.05, 3.63) is 0 Å². The van der Waals surface area contributed by atoms with E-state index >= 15 is 0 Å². The molecule has 0 aromatic rings. The molecule has 0 bridgehead atoms. The summed E-state index contributed by atoms with van der Waals surface area (Å²) in [6.07, 6.45) is 1.42. The molecule has 0 aromatic carbocycles. The molecule has 1 fully saturated rings. The second-order valence-electron chi connectivity index (χ2n) is 4.25. The van der Waals surface area contributed by atoms with E-state index in [1.165, 1.54) is 0 Å². The molecule has 1 atom stereocenters. The first-order valence-corrected chi connectivity index (χ1v) is 6.08. The van der Waals surface area contributed by atoms with E-state index < -0.39 is 12.0 Å². The van der Waals surface area contributed by atoms with Crippen LogP contribution in [0.2, 0.25) is 0 Å². The lowest BCUT2D eigenvalue weighted by Gasteiger charge is -2.20. The number of carboxylic acids is 1. The molecule has 1 amide bonds. The van der Waals surface area contributed by atoms with Crippen LogP contribution in [0.5, 0.6) is 0 Å². The van der Waals surface area contributed by atoms with Crippen LogP contribution in [-0.4, -0.2) is 60.6 Å². The summed E-state index contributed by atoms with van der Waals surface area (Å²) >= 11 is 0. The number of hydrogen-bond acceptors (Lipinski definition) is 4. The Hall–Kier alpha value is -1.14. The van der Waals surface area contributed by atoms with Gasteiger partial charge in [-0.3, -0.25) is 9.69 Å². The van der Waals surface area contributed by atoms with Gasteiger partial charge in [-0.05, 0) is 25.9 Å². The second kappa shape index (κ2) is 7.24. The molecular formula is C11H21N3O3. The van der Waals surface area contributed by atoms with Gasteiger partial charge in [0.05, 0.1) is 6.54 Å². The van der Waals surface area contributed by atoms with Crippen LogP contribution in [0.15, 0.2) is 0 Å². The Labute approximate surface area is 101 Å². The number of nitrogens with zero attached hydrogens (tertiary/aromatic N) is 1. The summed E-state index contributed by atoms with van der Waals surface area (Å²) in [6, 6.07) is -0.771. The molecule has 6 nitrogen and oxygen atoms in total. The molecule has 0 spiro atoms. The summed E-state index contributed by atoms with van der Waals surface area (Å²) in [7, 11) is 0. The summed E-state index contributed by atoms with van der Waals surface area (Å²) in [4.78, 5) is 24.5. The number of carbonyl (C=O) groups is 2. The van der Waals surface area contributed by atoms with Crippen LogP contribution in [-0.2, 0) is 9.59 Å². The van der Waals surface area contributed by atoms with Crippen LogP contribution in [0.4, 0.5) is 0 Å². The summed E-state index contributed by atoms with van der Waals surface area (Å²) in [5, 5.41) is 14.6. The van der Waals surface area contributed by atoms with Gasteiger partial charge in [-0.1, -0.05) is 6.92 Å². The van der Waals surface area contributed by atoms with Crippen molar-refractivity contribution in [2.75, 3.05) is 32.7 Å². The van der Waals surface area contributed by atoms with Gasteiger partial charge in [0.25, 0.3) is 0 Å². The number of nitrogens with one attached hydrogen (secondary N) is 2. The maximum atomic E-state index is 11.7. The molecule has 6 heteroatoms. The molecule has 1 rings (SSSR count). The van der Waals surface area contributed by atoms with E-state index in [4.69, 9.17) is 5.11 Å². The number of carbonyl (C=O) groups excluding carboxylic acids is 1. The van der Waals surface area contributed by atoms with E-state index in [0.29, 0.717) is 6.42 Å². The number of hydrogen-bond donors (Lipinski definition) is 3. The maximum absolute atomic E-state index is 11.7. The van der Waals surface area contributed by atoms with Gasteiger partial charge in [-0.25, -0.2) is 4.79 Å². The molecule has 3 N–H and O–H groups in total. The zero-order valence-corrected chi connectivity index (χ0v) is 10.2. The van der Waals surface area contributed by atoms with Crippen molar-refractivity contribution in [2.45, 2.75) is 25.8 Å². The molecule has 0 aliphatic carbocycles. The Morgan fingerprint density at radius 1 is 1.41 bits per heavy atom. The third kappa shape index (κ3) is 5.14. The molecule has 17 heavy (non-hydrogen) atoms. The molecule has 1 heterocycles. The fourth-order valence-electron chi connectivity index (χ4n) is 1.84. The molecule has 0 saturated carbocycles. The predicted molar refractivity (Wildman–Crippen MR) is 63.8 cm³/mol. The topological polar surface area (TPSA) is 81.7 Å². The van der Waals surface area contributed by atoms with Gasteiger partial charge < -0.3 is 15.7 Å². The van der Waals surface area contributed by atoms with Crippen LogP contribution in [0.3, 0.4) is 0 Å². The van der Waals surface area contributed by atoms with E-state index in [0.717, 1.165) is 32.6 Å². The highest BCUT2D eigenvalue weighted by atomic mass is 16.4. The van der Waals surface area contributed by atoms with Crippen molar-refractivity contribution < 1.29 is 14.7 Å². The lowest BCUT2D eigenvalue weighted by Crippen LogP contribution is -2.45. The van der Waals surface area contributed by atoms with E-state index in [1.54, 1.807) is 6.92 Å². The zero-order chi connectivity index (χ0) is 12.7. The quantitative estimate of drug-likeness (QED) is 0.592. The predicted octanol–water partition coefficient (Wildman–Crippen LogP) is -0.739. The monoisotopic (exact) mass is 243 g/mol. The molecule has 98 valence electrons. The summed E-state index contributed by atoms with van der Waals surface area (Å²) in [6.45, 7) is 5.59. The third-order valence-corrected chi connectivity index (χ3v) is 2.84. The van der Waals surface area contributed by atoms with Gasteiger partial charge in [-0.2, -0.15) is 0 Å². The molecule has 0 unspecified atom stereocenters. The van der Waals surface area contributed by atoms with Crippen molar-refractivity contribution in [2.24, 2.45) is 0 Å². The lowest BCUT2D eigenvalue weighted by atomic mass is 10.2. The van der Waals surface area contributed by atoms with Crippen LogP contribution >= 0.6 is 0 Å². The van der Waals surface area contributed by atoms with Gasteiger partial charge >= 0.3 is 5.97 Å². The molecular weight excluding hydrogens is 222 g/mol. The van der Waals surface area contributed by atoms with Crippen LogP contribution in [0, 0.1) is 0 Å². The number of rotatable bonds is 5. The van der Waals surface area contributed by atoms with E-state index in [1.807, 2.05) is 4.90 Å². The first-order chi connectivity index (χ1) is 8.13. The highest BCUT2D eigenvalue weighted by molar-refractivity contribution is 5.84. The minimum Gasteiger partial charge on any atom is -0.480 e. The SMILES string of the molecule is CC[C@@H](NC(=O)CN1CCCNCC1)C(=O)O. The first-order valence-electron chi connectivity index (χ1n) is 6.08. The minimum absolute atomic E-state index is 0.207. The van der Waals surface area contributed by atoms with Crippen molar-refractivity contribution in [1.29, 1.82) is 0 Å². The van der Waals surface area contributed by atoms with Gasteiger partial charge in [0, 0.05) is 13.1 Å². The van der Waals surface area contributed by atoms with Crippen molar-refractivity contribution in [3.63, 3.8) is 0 Å². The second-order valence-corrected chi connectivity index (χ2v) is 4.25. The fourth-order valence-corrected chi connectivity index (χ4v) is 1.84. The lowest BCUT2D eigenvalue weighted by molar-refractivity contribution is -0.142. The maximum Gasteiger partial charge on any atom is 0.326 e. The Morgan fingerprint density at radius 3 is 2.82 bits per heavy atom. The molecule has 1 aliphatic rings. The summed E-state index contributed by atoms with van der Waals surface area (Å²) in [5.74, 6) is -1.18. The number of carboxylic acid groups (broad SMARTS) is 1. The van der Waals surface area contributed by atoms with Crippen LogP contribution < -0.4 is 10.6 Å². The fraction of sp³-hybridized carbons (Fsp3) is 0.818. The normalized spacial score (nSPS) is 19.4. The van der Waals surface area contributed by atoms with Crippen LogP contribution in [0.1, 0.15) is 19.8 Å². The standard InChI is InChI=1S/C11H21N3O3/c1-2-9(11(16)17)13-10(15)8-14-6-3-4-12-5-7-14/h9,12H,2-8H2,1H3,(H,13,15)(H,16,17)/t9-/m1/s1. The highest BCUT2D eigenvalue weighted by Gasteiger charge is 2.19. The van der Waals surface area contributed by atoms with E-state index in [2.05, 4.69) is 10.6 Å². The largest absolute Gasteiger partial charge is 0.480 e. The smallest absolute Gasteiger partial charge is 0.326 e. The Balaban J connectivity index is 2.34. The first kappa shape index (κ1) is 13.9. The number of aliphatic carboxylic acids is 1. The average Bonchev–Trinajstić information content (AvgIpc) is 2.54. The minimum atomic E-state index is -0.974. The molecule has 1 saturated heterocycles. The molecule has 0 aromatic heterocycles. The number of amides is 1. The van der Waals surface area contributed by atoms with Gasteiger partial charge in [0.15, 0.2) is 0 Å². The van der Waals surface area contributed by atoms with Crippen molar-refractivity contribution >= 4 is 11.9 Å². The Bertz CT molecular complexity index is 263. The highest BCUT2D eigenvalue weighted by Crippen LogP contribution is 1.96. The van der Waals surface area contributed by atoms with Crippen molar-refractivity contribution in [3.8, 4) is 0 Å². The van der Waals surface area contributed by atoms with Crippen LogP contribution in [0.25, 0.3) is 0 Å². The van der Waals surface area contributed by atoms with E-state index in [9.17, 15) is 9.59 Å². The Kier molecular flexibility index (Phi) is 5.93. The summed E-state index contributed by atoms with van der Waals surface area (Å²) in [5.41, 5.74) is 0.